The fraction of sp³-hybridized carbons (Fsp3) is 0.321. The van der Waals surface area contributed by atoms with Crippen molar-refractivity contribution in [1.29, 1.82) is 0 Å². The molecule has 0 saturated carbocycles. The summed E-state index contributed by atoms with van der Waals surface area (Å²) in [6, 6.07) is 8.80. The maximum atomic E-state index is 13.7. The SMILES string of the molecule is CCc1ccc(C(=O)Nc2cc(CN3CCN(C)CC3)cc(C(F)(F)F)c2)cc1C#Cc1cnc(N)nc1. The number of alkyl halides is 3. The van der Waals surface area contributed by atoms with Gasteiger partial charge in [-0.1, -0.05) is 24.8 Å². The summed E-state index contributed by atoms with van der Waals surface area (Å²) in [6.07, 6.45) is -0.835. The molecule has 3 aromatic rings. The highest BCUT2D eigenvalue weighted by molar-refractivity contribution is 6.04. The van der Waals surface area contributed by atoms with Crippen molar-refractivity contribution in [3.8, 4) is 11.8 Å². The van der Waals surface area contributed by atoms with E-state index in [-0.39, 0.29) is 17.2 Å². The fourth-order valence-electron chi connectivity index (χ4n) is 4.17. The zero-order valence-electron chi connectivity index (χ0n) is 21.3. The first-order chi connectivity index (χ1) is 18.1. The molecule has 0 aliphatic carbocycles. The molecule has 0 spiro atoms. The van der Waals surface area contributed by atoms with E-state index in [0.29, 0.717) is 29.7 Å². The van der Waals surface area contributed by atoms with Crippen LogP contribution in [0.2, 0.25) is 0 Å². The molecule has 2 aromatic carbocycles. The van der Waals surface area contributed by atoms with Gasteiger partial charge in [-0.25, -0.2) is 9.97 Å². The molecule has 2 heterocycles. The number of nitrogens with one attached hydrogen (secondary N) is 1. The number of nitrogen functional groups attached to an aromatic ring is 1. The molecule has 7 nitrogen and oxygen atoms in total. The summed E-state index contributed by atoms with van der Waals surface area (Å²) in [5, 5.41) is 2.65. The van der Waals surface area contributed by atoms with E-state index in [4.69, 9.17) is 5.73 Å². The summed E-state index contributed by atoms with van der Waals surface area (Å²) in [7, 11) is 2.02. The minimum atomic E-state index is -4.53. The number of carbonyl (C=O) groups is 1. The van der Waals surface area contributed by atoms with Crippen LogP contribution in [0.1, 0.15) is 45.1 Å². The van der Waals surface area contributed by atoms with E-state index in [0.717, 1.165) is 43.9 Å². The number of nitrogens with two attached hydrogens (primary N) is 1. The summed E-state index contributed by atoms with van der Waals surface area (Å²) in [5.74, 6) is 5.62. The average Bonchev–Trinajstić information content (AvgIpc) is 2.89. The molecule has 198 valence electrons. The van der Waals surface area contributed by atoms with Gasteiger partial charge in [0.2, 0.25) is 5.95 Å². The summed E-state index contributed by atoms with van der Waals surface area (Å²) in [6.45, 7) is 5.59. The number of amides is 1. The van der Waals surface area contributed by atoms with E-state index in [9.17, 15) is 18.0 Å². The van der Waals surface area contributed by atoms with Gasteiger partial charge in [0.25, 0.3) is 5.91 Å². The lowest BCUT2D eigenvalue weighted by atomic mass is 10.0. The second-order valence-electron chi connectivity index (χ2n) is 9.26. The zero-order chi connectivity index (χ0) is 27.3. The minimum Gasteiger partial charge on any atom is -0.368 e. The Bertz CT molecular complexity index is 1350. The van der Waals surface area contributed by atoms with Crippen LogP contribution in [0.3, 0.4) is 0 Å². The number of hydrogen-bond acceptors (Lipinski definition) is 6. The number of rotatable bonds is 5. The molecule has 38 heavy (non-hydrogen) atoms. The van der Waals surface area contributed by atoms with Gasteiger partial charge in [0.05, 0.1) is 11.1 Å². The van der Waals surface area contributed by atoms with Crippen LogP contribution in [-0.4, -0.2) is 58.9 Å². The Hall–Kier alpha value is -3.94. The second-order valence-corrected chi connectivity index (χ2v) is 9.26. The lowest BCUT2D eigenvalue weighted by molar-refractivity contribution is -0.137. The third kappa shape index (κ3) is 7.09. The summed E-state index contributed by atoms with van der Waals surface area (Å²) in [5.41, 5.74) is 7.73. The number of likely N-dealkylation sites (N-methyl/N-ethyl adjacent to an activating group) is 1. The quantitative estimate of drug-likeness (QED) is 0.492. The lowest BCUT2D eigenvalue weighted by Gasteiger charge is -2.32. The van der Waals surface area contributed by atoms with E-state index in [1.165, 1.54) is 12.4 Å². The Kier molecular flexibility index (Phi) is 8.29. The molecular formula is C28H29F3N6O. The first-order valence-corrected chi connectivity index (χ1v) is 12.3. The van der Waals surface area contributed by atoms with Crippen LogP contribution in [0.4, 0.5) is 24.8 Å². The summed E-state index contributed by atoms with van der Waals surface area (Å²) in [4.78, 5) is 25.2. The van der Waals surface area contributed by atoms with Gasteiger partial charge in [-0.15, -0.1) is 0 Å². The molecule has 0 atom stereocenters. The third-order valence-electron chi connectivity index (χ3n) is 6.35. The molecule has 1 saturated heterocycles. The van der Waals surface area contributed by atoms with E-state index >= 15 is 0 Å². The molecule has 3 N–H and O–H groups in total. The number of aryl methyl sites for hydroxylation is 1. The Morgan fingerprint density at radius 2 is 1.76 bits per heavy atom. The number of anilines is 2. The van der Waals surface area contributed by atoms with Gasteiger partial charge in [0, 0.05) is 61.9 Å². The van der Waals surface area contributed by atoms with Crippen molar-refractivity contribution in [3.05, 3.63) is 82.2 Å². The van der Waals surface area contributed by atoms with Crippen LogP contribution in [0, 0.1) is 11.8 Å². The molecule has 0 radical (unpaired) electrons. The number of nitrogens with zero attached hydrogens (tertiary/aromatic N) is 4. The Balaban J connectivity index is 1.57. The van der Waals surface area contributed by atoms with Crippen LogP contribution >= 0.6 is 0 Å². The molecule has 1 fully saturated rings. The van der Waals surface area contributed by atoms with Gasteiger partial charge in [0.1, 0.15) is 0 Å². The zero-order valence-corrected chi connectivity index (χ0v) is 21.3. The van der Waals surface area contributed by atoms with Crippen molar-refractivity contribution < 1.29 is 18.0 Å². The van der Waals surface area contributed by atoms with Crippen LogP contribution < -0.4 is 11.1 Å². The van der Waals surface area contributed by atoms with E-state index in [1.54, 1.807) is 24.3 Å². The lowest BCUT2D eigenvalue weighted by Crippen LogP contribution is -2.43. The summed E-state index contributed by atoms with van der Waals surface area (Å²) >= 11 is 0. The molecule has 1 aliphatic heterocycles. The normalized spacial score (nSPS) is 14.6. The van der Waals surface area contributed by atoms with Crippen LogP contribution in [-0.2, 0) is 19.1 Å². The molecule has 10 heteroatoms. The smallest absolute Gasteiger partial charge is 0.368 e. The highest BCUT2D eigenvalue weighted by Crippen LogP contribution is 2.32. The van der Waals surface area contributed by atoms with Gasteiger partial charge in [-0.2, -0.15) is 13.2 Å². The van der Waals surface area contributed by atoms with E-state index in [2.05, 4.69) is 36.9 Å². The highest BCUT2D eigenvalue weighted by Gasteiger charge is 2.31. The fourth-order valence-corrected chi connectivity index (χ4v) is 4.17. The first-order valence-electron chi connectivity index (χ1n) is 12.3. The third-order valence-corrected chi connectivity index (χ3v) is 6.35. The number of piperazine rings is 1. The average molecular weight is 523 g/mol. The number of halogens is 3. The number of benzene rings is 2. The predicted molar refractivity (Wildman–Crippen MR) is 140 cm³/mol. The Labute approximate surface area is 219 Å². The highest BCUT2D eigenvalue weighted by atomic mass is 19.4. The van der Waals surface area contributed by atoms with Crippen molar-refractivity contribution in [3.63, 3.8) is 0 Å². The van der Waals surface area contributed by atoms with Crippen LogP contribution in [0.15, 0.2) is 48.8 Å². The molecular weight excluding hydrogens is 493 g/mol. The Morgan fingerprint density at radius 1 is 1.05 bits per heavy atom. The molecule has 1 amide bonds. The van der Waals surface area contributed by atoms with E-state index < -0.39 is 17.6 Å². The molecule has 4 rings (SSSR count). The van der Waals surface area contributed by atoms with Crippen molar-refractivity contribution in [2.24, 2.45) is 0 Å². The number of hydrogen-bond donors (Lipinski definition) is 2. The van der Waals surface area contributed by atoms with Crippen molar-refractivity contribution >= 4 is 17.5 Å². The number of carbonyl (C=O) groups excluding carboxylic acids is 1. The molecule has 0 unspecified atom stereocenters. The predicted octanol–water partition coefficient (Wildman–Crippen LogP) is 4.04. The van der Waals surface area contributed by atoms with Gasteiger partial charge in [0.15, 0.2) is 0 Å². The molecule has 1 aromatic heterocycles. The second kappa shape index (κ2) is 11.6. The van der Waals surface area contributed by atoms with Crippen LogP contribution in [0.25, 0.3) is 0 Å². The van der Waals surface area contributed by atoms with Gasteiger partial charge >= 0.3 is 6.18 Å². The molecule has 1 aliphatic rings. The number of aromatic nitrogens is 2. The van der Waals surface area contributed by atoms with E-state index in [1.807, 2.05) is 14.0 Å². The summed E-state index contributed by atoms with van der Waals surface area (Å²) < 4.78 is 41.0. The van der Waals surface area contributed by atoms with Crippen molar-refractivity contribution in [1.82, 2.24) is 19.8 Å². The Morgan fingerprint density at radius 3 is 2.42 bits per heavy atom. The van der Waals surface area contributed by atoms with Gasteiger partial charge in [-0.3, -0.25) is 9.69 Å². The standard InChI is InChI=1S/C28H29F3N6O/c1-3-21-6-7-23(14-22(21)5-4-19-16-33-27(32)34-17-19)26(38)35-25-13-20(12-24(15-25)28(29,30)31)18-37-10-8-36(2)9-11-37/h6-7,12-17H,3,8-11,18H2,1-2H3,(H,35,38)(H2,32,33,34). The van der Waals surface area contributed by atoms with Crippen molar-refractivity contribution in [2.45, 2.75) is 26.1 Å². The topological polar surface area (TPSA) is 87.4 Å². The first kappa shape index (κ1) is 27.1. The minimum absolute atomic E-state index is 0.0974. The largest absolute Gasteiger partial charge is 0.416 e. The van der Waals surface area contributed by atoms with Crippen LogP contribution in [0.5, 0.6) is 0 Å². The van der Waals surface area contributed by atoms with Gasteiger partial charge < -0.3 is 16.0 Å². The monoisotopic (exact) mass is 522 g/mol. The maximum absolute atomic E-state index is 13.7. The van der Waals surface area contributed by atoms with Gasteiger partial charge in [-0.05, 0) is 54.9 Å². The molecule has 0 bridgehead atoms. The maximum Gasteiger partial charge on any atom is 0.416 e. The van der Waals surface area contributed by atoms with Crippen molar-refractivity contribution in [2.75, 3.05) is 44.3 Å².